The summed E-state index contributed by atoms with van der Waals surface area (Å²) in [7, 11) is 0. The summed E-state index contributed by atoms with van der Waals surface area (Å²) in [5, 5.41) is 11.0. The lowest BCUT2D eigenvalue weighted by Crippen LogP contribution is -2.30. The van der Waals surface area contributed by atoms with E-state index in [2.05, 4.69) is 15.6 Å². The first-order valence-corrected chi connectivity index (χ1v) is 9.05. The third-order valence-electron chi connectivity index (χ3n) is 4.32. The normalized spacial score (nSPS) is 10.7. The van der Waals surface area contributed by atoms with Crippen molar-refractivity contribution in [2.75, 3.05) is 5.32 Å². The maximum Gasteiger partial charge on any atom is 0.278 e. The molecular formula is C22H18N4O3. The van der Waals surface area contributed by atoms with Crippen molar-refractivity contribution >= 4 is 22.5 Å². The lowest BCUT2D eigenvalue weighted by molar-refractivity contribution is -0.117. The van der Waals surface area contributed by atoms with Gasteiger partial charge < -0.3 is 10.1 Å². The first kappa shape index (κ1) is 18.4. The number of amides is 1. The smallest absolute Gasteiger partial charge is 0.278 e. The van der Waals surface area contributed by atoms with E-state index in [-0.39, 0.29) is 18.0 Å². The fourth-order valence-corrected chi connectivity index (χ4v) is 2.81. The van der Waals surface area contributed by atoms with Crippen molar-refractivity contribution in [2.24, 2.45) is 0 Å². The number of benzene rings is 3. The highest BCUT2D eigenvalue weighted by Gasteiger charge is 2.10. The summed E-state index contributed by atoms with van der Waals surface area (Å²) in [6.07, 6.45) is 0. The van der Waals surface area contributed by atoms with Crippen LogP contribution in [0, 0.1) is 6.92 Å². The van der Waals surface area contributed by atoms with Crippen molar-refractivity contribution < 1.29 is 9.53 Å². The summed E-state index contributed by atoms with van der Waals surface area (Å²) in [5.74, 6) is 1.02. The maximum absolute atomic E-state index is 12.4. The number of fused-ring (bicyclic) bond motifs is 1. The minimum atomic E-state index is -0.371. The molecule has 0 aliphatic carbocycles. The minimum Gasteiger partial charge on any atom is -0.457 e. The number of anilines is 1. The number of hydrogen-bond donors (Lipinski definition) is 1. The third-order valence-corrected chi connectivity index (χ3v) is 4.32. The van der Waals surface area contributed by atoms with E-state index in [0.717, 1.165) is 16.0 Å². The predicted molar refractivity (Wildman–Crippen MR) is 110 cm³/mol. The van der Waals surface area contributed by atoms with Gasteiger partial charge in [0, 0.05) is 5.69 Å². The number of aromatic nitrogens is 3. The Hall–Kier alpha value is -4.00. The lowest BCUT2D eigenvalue weighted by Gasteiger charge is -2.09. The second-order valence-electron chi connectivity index (χ2n) is 6.56. The zero-order valence-corrected chi connectivity index (χ0v) is 15.7. The SMILES string of the molecule is Cc1ccc(Oc2ccc(NC(=O)Cn3nnc4ccccc4c3=O)cc2)cc1. The highest BCUT2D eigenvalue weighted by Crippen LogP contribution is 2.23. The largest absolute Gasteiger partial charge is 0.457 e. The molecule has 0 spiro atoms. The summed E-state index contributed by atoms with van der Waals surface area (Å²) in [5.41, 5.74) is 1.89. The molecule has 0 saturated carbocycles. The zero-order valence-electron chi connectivity index (χ0n) is 15.7. The molecule has 0 unspecified atom stereocenters. The Labute approximate surface area is 166 Å². The molecule has 1 heterocycles. The van der Waals surface area contributed by atoms with Crippen molar-refractivity contribution in [2.45, 2.75) is 13.5 Å². The number of nitrogens with one attached hydrogen (secondary N) is 1. The average molecular weight is 386 g/mol. The van der Waals surface area contributed by atoms with Crippen LogP contribution in [0.5, 0.6) is 11.5 Å². The molecule has 0 radical (unpaired) electrons. The second kappa shape index (κ2) is 7.93. The van der Waals surface area contributed by atoms with Crippen molar-refractivity contribution in [1.29, 1.82) is 0 Å². The van der Waals surface area contributed by atoms with Crippen LogP contribution < -0.4 is 15.6 Å². The molecule has 1 aromatic heterocycles. The Balaban J connectivity index is 1.41. The number of carbonyl (C=O) groups is 1. The van der Waals surface area contributed by atoms with Crippen LogP contribution in [-0.4, -0.2) is 20.9 Å². The van der Waals surface area contributed by atoms with Gasteiger partial charge in [-0.2, -0.15) is 0 Å². The molecule has 0 fully saturated rings. The van der Waals surface area contributed by atoms with Gasteiger partial charge in [-0.15, -0.1) is 5.10 Å². The van der Waals surface area contributed by atoms with Crippen molar-refractivity contribution in [3.63, 3.8) is 0 Å². The van der Waals surface area contributed by atoms with E-state index < -0.39 is 0 Å². The van der Waals surface area contributed by atoms with Crippen molar-refractivity contribution in [3.8, 4) is 11.5 Å². The minimum absolute atomic E-state index is 0.224. The van der Waals surface area contributed by atoms with Crippen LogP contribution in [-0.2, 0) is 11.3 Å². The van der Waals surface area contributed by atoms with E-state index >= 15 is 0 Å². The van der Waals surface area contributed by atoms with Crippen LogP contribution >= 0.6 is 0 Å². The van der Waals surface area contributed by atoms with Crippen LogP contribution in [0.4, 0.5) is 5.69 Å². The monoisotopic (exact) mass is 386 g/mol. The van der Waals surface area contributed by atoms with Gasteiger partial charge in [0.1, 0.15) is 23.6 Å². The van der Waals surface area contributed by atoms with Crippen molar-refractivity contribution in [1.82, 2.24) is 15.0 Å². The van der Waals surface area contributed by atoms with Gasteiger partial charge in [-0.1, -0.05) is 35.0 Å². The van der Waals surface area contributed by atoms with E-state index in [1.807, 2.05) is 31.2 Å². The quantitative estimate of drug-likeness (QED) is 0.567. The highest BCUT2D eigenvalue weighted by molar-refractivity contribution is 5.90. The molecule has 7 heteroatoms. The van der Waals surface area contributed by atoms with Crippen LogP contribution in [0.15, 0.2) is 77.6 Å². The van der Waals surface area contributed by atoms with Crippen LogP contribution in [0.2, 0.25) is 0 Å². The lowest BCUT2D eigenvalue weighted by atomic mass is 10.2. The summed E-state index contributed by atoms with van der Waals surface area (Å²) < 4.78 is 6.82. The molecule has 0 saturated heterocycles. The molecule has 1 N–H and O–H groups in total. The molecule has 3 aromatic carbocycles. The molecule has 29 heavy (non-hydrogen) atoms. The van der Waals surface area contributed by atoms with Gasteiger partial charge in [0.2, 0.25) is 5.91 Å². The molecular weight excluding hydrogens is 368 g/mol. The number of nitrogens with zero attached hydrogens (tertiary/aromatic N) is 3. The summed E-state index contributed by atoms with van der Waals surface area (Å²) in [6.45, 7) is 1.79. The number of ether oxygens (including phenoxy) is 1. The molecule has 0 atom stereocenters. The van der Waals surface area contributed by atoms with Gasteiger partial charge in [0.25, 0.3) is 5.56 Å². The van der Waals surface area contributed by atoms with Gasteiger partial charge in [-0.05, 0) is 55.5 Å². The number of carbonyl (C=O) groups excluding carboxylic acids is 1. The van der Waals surface area contributed by atoms with Crippen LogP contribution in [0.1, 0.15) is 5.56 Å². The van der Waals surface area contributed by atoms with E-state index in [1.54, 1.807) is 48.5 Å². The van der Waals surface area contributed by atoms with Gasteiger partial charge in [0.15, 0.2) is 0 Å². The Kier molecular flexibility index (Phi) is 5.03. The van der Waals surface area contributed by atoms with Gasteiger partial charge in [-0.3, -0.25) is 9.59 Å². The van der Waals surface area contributed by atoms with E-state index in [4.69, 9.17) is 4.74 Å². The van der Waals surface area contributed by atoms with E-state index in [9.17, 15) is 9.59 Å². The van der Waals surface area contributed by atoms with Crippen LogP contribution in [0.3, 0.4) is 0 Å². The standard InChI is InChI=1S/C22H18N4O3/c1-15-6-10-17(11-7-15)29-18-12-8-16(9-13-18)23-21(27)14-26-22(28)19-4-2-3-5-20(19)24-25-26/h2-13H,14H2,1H3,(H,23,27). The highest BCUT2D eigenvalue weighted by atomic mass is 16.5. The topological polar surface area (TPSA) is 86.1 Å². The first-order valence-electron chi connectivity index (χ1n) is 9.05. The molecule has 1 amide bonds. The zero-order chi connectivity index (χ0) is 20.2. The second-order valence-corrected chi connectivity index (χ2v) is 6.56. The van der Waals surface area contributed by atoms with E-state index in [1.165, 1.54) is 0 Å². The molecule has 0 aliphatic rings. The fourth-order valence-electron chi connectivity index (χ4n) is 2.81. The number of rotatable bonds is 5. The predicted octanol–water partition coefficient (Wildman–Crippen LogP) is 3.53. The molecule has 0 aliphatic heterocycles. The van der Waals surface area contributed by atoms with Gasteiger partial charge in [0.05, 0.1) is 5.39 Å². The molecule has 0 bridgehead atoms. The first-order chi connectivity index (χ1) is 14.1. The molecule has 7 nitrogen and oxygen atoms in total. The molecule has 4 aromatic rings. The van der Waals surface area contributed by atoms with Crippen molar-refractivity contribution in [3.05, 3.63) is 88.7 Å². The average Bonchev–Trinajstić information content (AvgIpc) is 2.73. The van der Waals surface area contributed by atoms with Gasteiger partial charge in [-0.25, -0.2) is 4.68 Å². The fraction of sp³-hybridized carbons (Fsp3) is 0.0909. The Morgan fingerprint density at radius 2 is 1.62 bits per heavy atom. The summed E-state index contributed by atoms with van der Waals surface area (Å²) in [6, 6.07) is 21.6. The van der Waals surface area contributed by atoms with Gasteiger partial charge >= 0.3 is 0 Å². The summed E-state index contributed by atoms with van der Waals surface area (Å²) in [4.78, 5) is 24.7. The maximum atomic E-state index is 12.4. The molecule has 4 rings (SSSR count). The Morgan fingerprint density at radius 1 is 0.966 bits per heavy atom. The summed E-state index contributed by atoms with van der Waals surface area (Å²) >= 11 is 0. The number of hydrogen-bond acceptors (Lipinski definition) is 5. The van der Waals surface area contributed by atoms with Crippen LogP contribution in [0.25, 0.3) is 10.9 Å². The van der Waals surface area contributed by atoms with E-state index in [0.29, 0.717) is 22.3 Å². The Morgan fingerprint density at radius 3 is 2.34 bits per heavy atom. The number of aryl methyl sites for hydroxylation is 1. The third kappa shape index (κ3) is 4.30. The molecule has 144 valence electrons. The Bertz CT molecular complexity index is 1220.